The summed E-state index contributed by atoms with van der Waals surface area (Å²) in [6, 6.07) is 5.33. The number of nitrogens with zero attached hydrogens (tertiary/aromatic N) is 5. The number of nitrogens with one attached hydrogen (secondary N) is 1. The summed E-state index contributed by atoms with van der Waals surface area (Å²) >= 11 is 0. The number of carbonyl (C=O) groups excluding carboxylic acids is 1. The molecule has 0 bridgehead atoms. The molecule has 1 aliphatic rings. The van der Waals surface area contributed by atoms with Gasteiger partial charge >= 0.3 is 5.69 Å². The van der Waals surface area contributed by atoms with E-state index in [-0.39, 0.29) is 17.6 Å². The van der Waals surface area contributed by atoms with Crippen LogP contribution in [0.25, 0.3) is 11.0 Å². The number of aryl methyl sites for hydroxylation is 2. The zero-order chi connectivity index (χ0) is 20.4. The number of carbonyl (C=O) groups is 1. The SMILES string of the molecule is CC(C)CCn1nc2n(c1=O)CCC(NC(=O)c1ccc3nccnc3c1)CC2. The lowest BCUT2D eigenvalue weighted by Gasteiger charge is -2.16. The molecule has 1 amide bonds. The minimum absolute atomic E-state index is 0.00488. The van der Waals surface area contributed by atoms with Gasteiger partial charge in [-0.3, -0.25) is 19.3 Å². The molecule has 0 fully saturated rings. The van der Waals surface area contributed by atoms with Gasteiger partial charge in [-0.05, 0) is 43.4 Å². The lowest BCUT2D eigenvalue weighted by molar-refractivity contribution is 0.0933. The first kappa shape index (κ1) is 19.3. The summed E-state index contributed by atoms with van der Waals surface area (Å²) in [5.41, 5.74) is 1.98. The summed E-state index contributed by atoms with van der Waals surface area (Å²) in [5, 5.41) is 7.63. The highest BCUT2D eigenvalue weighted by Crippen LogP contribution is 2.15. The Labute approximate surface area is 169 Å². The Hall–Kier alpha value is -3.03. The molecule has 0 saturated heterocycles. The zero-order valence-corrected chi connectivity index (χ0v) is 16.8. The third-order valence-corrected chi connectivity index (χ3v) is 5.40. The summed E-state index contributed by atoms with van der Waals surface area (Å²) in [4.78, 5) is 33.8. The van der Waals surface area contributed by atoms with Gasteiger partial charge < -0.3 is 5.32 Å². The molecule has 4 rings (SSSR count). The van der Waals surface area contributed by atoms with Crippen molar-refractivity contribution in [3.63, 3.8) is 0 Å². The van der Waals surface area contributed by atoms with E-state index in [0.29, 0.717) is 42.9 Å². The van der Waals surface area contributed by atoms with E-state index >= 15 is 0 Å². The van der Waals surface area contributed by atoms with Crippen LogP contribution in [-0.4, -0.2) is 36.3 Å². The highest BCUT2D eigenvalue weighted by Gasteiger charge is 2.22. The molecule has 8 nitrogen and oxygen atoms in total. The van der Waals surface area contributed by atoms with Crippen LogP contribution in [0.1, 0.15) is 49.3 Å². The van der Waals surface area contributed by atoms with Gasteiger partial charge in [0.1, 0.15) is 5.82 Å². The smallest absolute Gasteiger partial charge is 0.345 e. The van der Waals surface area contributed by atoms with Gasteiger partial charge in [0.05, 0.1) is 11.0 Å². The van der Waals surface area contributed by atoms with Crippen molar-refractivity contribution in [1.82, 2.24) is 29.6 Å². The molecular formula is C21H26N6O2. The van der Waals surface area contributed by atoms with Gasteiger partial charge in [-0.1, -0.05) is 13.8 Å². The van der Waals surface area contributed by atoms with Crippen LogP contribution in [0.3, 0.4) is 0 Å². The number of amides is 1. The normalized spacial score (nSPS) is 16.6. The van der Waals surface area contributed by atoms with E-state index < -0.39 is 0 Å². The number of rotatable bonds is 5. The predicted molar refractivity (Wildman–Crippen MR) is 110 cm³/mol. The quantitative estimate of drug-likeness (QED) is 0.716. The van der Waals surface area contributed by atoms with E-state index in [1.54, 1.807) is 39.8 Å². The summed E-state index contributed by atoms with van der Waals surface area (Å²) in [6.07, 6.45) is 6.34. The molecule has 3 aromatic rings. The van der Waals surface area contributed by atoms with Crippen LogP contribution in [0.4, 0.5) is 0 Å². The monoisotopic (exact) mass is 394 g/mol. The van der Waals surface area contributed by atoms with Gasteiger partial charge in [-0.15, -0.1) is 0 Å². The Morgan fingerprint density at radius 2 is 2.00 bits per heavy atom. The van der Waals surface area contributed by atoms with Crippen LogP contribution in [0.2, 0.25) is 0 Å². The maximum Gasteiger partial charge on any atom is 0.345 e. The van der Waals surface area contributed by atoms with Gasteiger partial charge in [0.15, 0.2) is 0 Å². The molecule has 0 saturated carbocycles. The molecule has 2 aromatic heterocycles. The summed E-state index contributed by atoms with van der Waals surface area (Å²) in [5.74, 6) is 1.22. The fourth-order valence-electron chi connectivity index (χ4n) is 3.67. The Balaban J connectivity index is 1.42. The third kappa shape index (κ3) is 4.21. The van der Waals surface area contributed by atoms with Crippen molar-refractivity contribution in [2.45, 2.75) is 58.7 Å². The molecular weight excluding hydrogens is 368 g/mol. The summed E-state index contributed by atoms with van der Waals surface area (Å²) in [6.45, 7) is 5.51. The van der Waals surface area contributed by atoms with Crippen LogP contribution in [-0.2, 0) is 19.5 Å². The Kier molecular flexibility index (Phi) is 5.42. The van der Waals surface area contributed by atoms with E-state index in [4.69, 9.17) is 0 Å². The van der Waals surface area contributed by atoms with Gasteiger partial charge in [0, 0.05) is 43.5 Å². The Morgan fingerprint density at radius 1 is 1.21 bits per heavy atom. The van der Waals surface area contributed by atoms with Crippen molar-refractivity contribution in [2.75, 3.05) is 0 Å². The van der Waals surface area contributed by atoms with Crippen LogP contribution >= 0.6 is 0 Å². The van der Waals surface area contributed by atoms with Crippen molar-refractivity contribution in [2.24, 2.45) is 5.92 Å². The number of hydrogen-bond donors (Lipinski definition) is 1. The minimum atomic E-state index is -0.128. The van der Waals surface area contributed by atoms with Crippen molar-refractivity contribution >= 4 is 16.9 Å². The number of fused-ring (bicyclic) bond motifs is 2. The van der Waals surface area contributed by atoms with Crippen LogP contribution in [0.5, 0.6) is 0 Å². The lowest BCUT2D eigenvalue weighted by atomic mass is 10.1. The molecule has 0 spiro atoms. The van der Waals surface area contributed by atoms with Gasteiger partial charge in [-0.2, -0.15) is 5.10 Å². The summed E-state index contributed by atoms with van der Waals surface area (Å²) in [7, 11) is 0. The number of aromatic nitrogens is 5. The first-order valence-corrected chi connectivity index (χ1v) is 10.2. The van der Waals surface area contributed by atoms with Crippen LogP contribution < -0.4 is 11.0 Å². The van der Waals surface area contributed by atoms with E-state index in [1.165, 1.54) is 0 Å². The predicted octanol–water partition coefficient (Wildman–Crippen LogP) is 2.17. The molecule has 1 aliphatic heterocycles. The van der Waals surface area contributed by atoms with Crippen LogP contribution in [0.15, 0.2) is 35.4 Å². The fourth-order valence-corrected chi connectivity index (χ4v) is 3.67. The Morgan fingerprint density at radius 3 is 2.79 bits per heavy atom. The maximum atomic E-state index is 12.7. The molecule has 1 atom stereocenters. The lowest BCUT2D eigenvalue weighted by Crippen LogP contribution is -2.35. The van der Waals surface area contributed by atoms with Crippen molar-refractivity contribution in [3.8, 4) is 0 Å². The molecule has 0 aliphatic carbocycles. The highest BCUT2D eigenvalue weighted by atomic mass is 16.2. The molecule has 1 aromatic carbocycles. The first-order valence-electron chi connectivity index (χ1n) is 10.2. The first-order chi connectivity index (χ1) is 14.0. The molecule has 29 heavy (non-hydrogen) atoms. The standard InChI is InChI=1S/C21H26N6O2/c1-14(2)7-12-27-21(29)26-11-8-16(4-6-19(26)25-27)24-20(28)15-3-5-17-18(13-15)23-10-9-22-17/h3,5,9-10,13-14,16H,4,6-8,11-12H2,1-2H3,(H,24,28). The number of benzene rings is 1. The second-order valence-corrected chi connectivity index (χ2v) is 8.01. The zero-order valence-electron chi connectivity index (χ0n) is 16.8. The minimum Gasteiger partial charge on any atom is -0.349 e. The molecule has 3 heterocycles. The van der Waals surface area contributed by atoms with E-state index in [1.807, 2.05) is 0 Å². The fraction of sp³-hybridized carbons (Fsp3) is 0.476. The van der Waals surface area contributed by atoms with Crippen LogP contribution in [0, 0.1) is 5.92 Å². The third-order valence-electron chi connectivity index (χ3n) is 5.40. The molecule has 1 N–H and O–H groups in total. The van der Waals surface area contributed by atoms with Crippen molar-refractivity contribution in [3.05, 3.63) is 52.5 Å². The molecule has 1 unspecified atom stereocenters. The topological polar surface area (TPSA) is 94.7 Å². The average Bonchev–Trinajstić information content (AvgIpc) is 2.88. The average molecular weight is 394 g/mol. The van der Waals surface area contributed by atoms with Crippen molar-refractivity contribution in [1.29, 1.82) is 0 Å². The maximum absolute atomic E-state index is 12.7. The molecule has 8 heteroatoms. The second kappa shape index (κ2) is 8.14. The van der Waals surface area contributed by atoms with Gasteiger partial charge in [0.25, 0.3) is 5.91 Å². The molecule has 0 radical (unpaired) electrons. The largest absolute Gasteiger partial charge is 0.349 e. The highest BCUT2D eigenvalue weighted by molar-refractivity contribution is 5.97. The van der Waals surface area contributed by atoms with E-state index in [2.05, 4.69) is 34.2 Å². The molecule has 152 valence electrons. The van der Waals surface area contributed by atoms with Crippen molar-refractivity contribution < 1.29 is 4.79 Å². The van der Waals surface area contributed by atoms with Gasteiger partial charge in [0.2, 0.25) is 0 Å². The van der Waals surface area contributed by atoms with Gasteiger partial charge in [-0.25, -0.2) is 9.48 Å². The Bertz CT molecular complexity index is 1080. The number of hydrogen-bond acceptors (Lipinski definition) is 5. The summed E-state index contributed by atoms with van der Waals surface area (Å²) < 4.78 is 3.35. The second-order valence-electron chi connectivity index (χ2n) is 8.01. The van der Waals surface area contributed by atoms with E-state index in [0.717, 1.165) is 24.2 Å². The van der Waals surface area contributed by atoms with E-state index in [9.17, 15) is 9.59 Å².